The molecule has 1 aromatic carbocycles. The van der Waals surface area contributed by atoms with E-state index in [1.54, 1.807) is 12.1 Å². The zero-order valence-corrected chi connectivity index (χ0v) is 11.6. The first-order chi connectivity index (χ1) is 8.45. The molecule has 0 fully saturated rings. The number of hydrogen-bond acceptors (Lipinski definition) is 3. The normalized spacial score (nSPS) is 10.2. The number of carbonyl (C=O) groups is 2. The van der Waals surface area contributed by atoms with E-state index >= 15 is 0 Å². The molecule has 0 bridgehead atoms. The fourth-order valence-corrected chi connectivity index (χ4v) is 1.84. The topological polar surface area (TPSA) is 43.4 Å². The van der Waals surface area contributed by atoms with Crippen molar-refractivity contribution in [3.8, 4) is 5.75 Å². The number of ketones is 2. The monoisotopic (exact) mass is 268 g/mol. The van der Waals surface area contributed by atoms with E-state index in [1.807, 2.05) is 6.92 Å². The van der Waals surface area contributed by atoms with Gasteiger partial charge in [-0.1, -0.05) is 11.6 Å². The van der Waals surface area contributed by atoms with Crippen LogP contribution in [0.25, 0.3) is 0 Å². The highest BCUT2D eigenvalue weighted by molar-refractivity contribution is 6.31. The lowest BCUT2D eigenvalue weighted by molar-refractivity contribution is -0.117. The van der Waals surface area contributed by atoms with Crippen LogP contribution < -0.4 is 4.74 Å². The zero-order valence-electron chi connectivity index (χ0n) is 10.9. The molecule has 98 valence electrons. The molecule has 0 saturated carbocycles. The number of benzene rings is 1. The van der Waals surface area contributed by atoms with Crippen LogP contribution in [-0.2, 0) is 4.79 Å². The standard InChI is InChI=1S/C14H17ClO3/c1-9-7-14(18-3)11(8-12(9)15)13(17)6-4-5-10(2)16/h7-8H,4-6H2,1-3H3. The molecule has 0 heterocycles. The summed E-state index contributed by atoms with van der Waals surface area (Å²) in [5.41, 5.74) is 1.35. The fraction of sp³-hybridized carbons (Fsp3) is 0.429. The summed E-state index contributed by atoms with van der Waals surface area (Å²) < 4.78 is 5.18. The highest BCUT2D eigenvalue weighted by Gasteiger charge is 2.14. The molecule has 18 heavy (non-hydrogen) atoms. The number of halogens is 1. The van der Waals surface area contributed by atoms with E-state index in [0.717, 1.165) is 5.56 Å². The molecular weight excluding hydrogens is 252 g/mol. The van der Waals surface area contributed by atoms with Gasteiger partial charge in [0.15, 0.2) is 5.78 Å². The first kappa shape index (κ1) is 14.7. The fourth-order valence-electron chi connectivity index (χ4n) is 1.67. The maximum Gasteiger partial charge on any atom is 0.166 e. The van der Waals surface area contributed by atoms with Gasteiger partial charge in [0.2, 0.25) is 0 Å². The second-order valence-electron chi connectivity index (χ2n) is 4.28. The van der Waals surface area contributed by atoms with E-state index < -0.39 is 0 Å². The van der Waals surface area contributed by atoms with Gasteiger partial charge in [-0.2, -0.15) is 0 Å². The molecule has 1 aromatic rings. The van der Waals surface area contributed by atoms with Crippen molar-refractivity contribution in [3.05, 3.63) is 28.3 Å². The number of hydrogen-bond donors (Lipinski definition) is 0. The third kappa shape index (κ3) is 3.84. The van der Waals surface area contributed by atoms with Crippen LogP contribution in [0.15, 0.2) is 12.1 Å². The van der Waals surface area contributed by atoms with Crippen molar-refractivity contribution >= 4 is 23.2 Å². The van der Waals surface area contributed by atoms with Crippen LogP contribution in [0.4, 0.5) is 0 Å². The maximum atomic E-state index is 12.0. The van der Waals surface area contributed by atoms with E-state index in [2.05, 4.69) is 0 Å². The first-order valence-electron chi connectivity index (χ1n) is 5.82. The average molecular weight is 269 g/mol. The number of aryl methyl sites for hydroxylation is 1. The Morgan fingerprint density at radius 1 is 1.28 bits per heavy atom. The SMILES string of the molecule is COc1cc(C)c(Cl)cc1C(=O)CCCC(C)=O. The number of rotatable bonds is 6. The number of ether oxygens (including phenoxy) is 1. The summed E-state index contributed by atoms with van der Waals surface area (Å²) >= 11 is 6.01. The minimum atomic E-state index is -0.0463. The third-order valence-corrected chi connectivity index (χ3v) is 3.12. The Bertz CT molecular complexity index is 466. The maximum absolute atomic E-state index is 12.0. The number of carbonyl (C=O) groups excluding carboxylic acids is 2. The minimum Gasteiger partial charge on any atom is -0.496 e. The van der Waals surface area contributed by atoms with Crippen molar-refractivity contribution in [2.45, 2.75) is 33.1 Å². The number of methoxy groups -OCH3 is 1. The zero-order chi connectivity index (χ0) is 13.7. The van der Waals surface area contributed by atoms with Gasteiger partial charge in [-0.25, -0.2) is 0 Å². The smallest absolute Gasteiger partial charge is 0.166 e. The molecular formula is C14H17ClO3. The van der Waals surface area contributed by atoms with Crippen molar-refractivity contribution in [1.82, 2.24) is 0 Å². The van der Waals surface area contributed by atoms with Gasteiger partial charge in [0.1, 0.15) is 11.5 Å². The Balaban J connectivity index is 2.84. The Morgan fingerprint density at radius 3 is 2.50 bits per heavy atom. The van der Waals surface area contributed by atoms with E-state index in [-0.39, 0.29) is 11.6 Å². The molecule has 0 atom stereocenters. The van der Waals surface area contributed by atoms with E-state index in [0.29, 0.717) is 35.6 Å². The van der Waals surface area contributed by atoms with Crippen LogP contribution in [0.5, 0.6) is 5.75 Å². The molecule has 0 aliphatic rings. The predicted molar refractivity (Wildman–Crippen MR) is 71.6 cm³/mol. The van der Waals surface area contributed by atoms with Crippen LogP contribution in [0.2, 0.25) is 5.02 Å². The van der Waals surface area contributed by atoms with Gasteiger partial charge in [-0.3, -0.25) is 4.79 Å². The summed E-state index contributed by atoms with van der Waals surface area (Å²) in [7, 11) is 1.52. The second kappa shape index (κ2) is 6.55. The third-order valence-electron chi connectivity index (χ3n) is 2.71. The van der Waals surface area contributed by atoms with Crippen LogP contribution in [0.3, 0.4) is 0 Å². The molecule has 0 N–H and O–H groups in total. The molecule has 0 amide bonds. The van der Waals surface area contributed by atoms with Crippen LogP contribution in [0, 0.1) is 6.92 Å². The van der Waals surface area contributed by atoms with Gasteiger partial charge < -0.3 is 9.53 Å². The van der Waals surface area contributed by atoms with Gasteiger partial charge in [0.05, 0.1) is 12.7 Å². The molecule has 4 heteroatoms. The minimum absolute atomic E-state index is 0.0463. The first-order valence-corrected chi connectivity index (χ1v) is 6.20. The van der Waals surface area contributed by atoms with Crippen LogP contribution in [-0.4, -0.2) is 18.7 Å². The van der Waals surface area contributed by atoms with Crippen molar-refractivity contribution in [2.75, 3.05) is 7.11 Å². The van der Waals surface area contributed by atoms with Gasteiger partial charge >= 0.3 is 0 Å². The summed E-state index contributed by atoms with van der Waals surface area (Å²) in [6, 6.07) is 3.38. The summed E-state index contributed by atoms with van der Waals surface area (Å²) in [4.78, 5) is 22.8. The van der Waals surface area contributed by atoms with E-state index in [9.17, 15) is 9.59 Å². The summed E-state index contributed by atoms with van der Waals surface area (Å²) in [6.07, 6.45) is 1.31. The van der Waals surface area contributed by atoms with Crippen molar-refractivity contribution in [3.63, 3.8) is 0 Å². The molecule has 0 saturated heterocycles. The van der Waals surface area contributed by atoms with Gasteiger partial charge in [-0.15, -0.1) is 0 Å². The van der Waals surface area contributed by atoms with E-state index in [1.165, 1.54) is 14.0 Å². The lowest BCUT2D eigenvalue weighted by Crippen LogP contribution is -2.04. The molecule has 0 aliphatic heterocycles. The summed E-state index contributed by atoms with van der Waals surface area (Å²) in [5.74, 6) is 0.580. The lowest BCUT2D eigenvalue weighted by atomic mass is 10.0. The van der Waals surface area contributed by atoms with Crippen LogP contribution >= 0.6 is 11.6 Å². The quantitative estimate of drug-likeness (QED) is 0.741. The van der Waals surface area contributed by atoms with Crippen LogP contribution in [0.1, 0.15) is 42.1 Å². The Kier molecular flexibility index (Phi) is 5.35. The molecule has 1 rings (SSSR count). The number of Topliss-reactive ketones (excluding diaryl/α,β-unsaturated/α-hetero) is 2. The molecule has 0 aromatic heterocycles. The summed E-state index contributed by atoms with van der Waals surface area (Å²) in [5, 5.41) is 0.547. The highest BCUT2D eigenvalue weighted by Crippen LogP contribution is 2.27. The molecule has 0 unspecified atom stereocenters. The second-order valence-corrected chi connectivity index (χ2v) is 4.69. The largest absolute Gasteiger partial charge is 0.496 e. The Hall–Kier alpha value is -1.35. The van der Waals surface area contributed by atoms with Gasteiger partial charge in [0.25, 0.3) is 0 Å². The van der Waals surface area contributed by atoms with E-state index in [4.69, 9.17) is 16.3 Å². The van der Waals surface area contributed by atoms with Crippen molar-refractivity contribution in [2.24, 2.45) is 0 Å². The molecule has 0 spiro atoms. The Labute approximate surface area is 112 Å². The lowest BCUT2D eigenvalue weighted by Gasteiger charge is -2.10. The van der Waals surface area contributed by atoms with Crippen molar-refractivity contribution < 1.29 is 14.3 Å². The Morgan fingerprint density at radius 2 is 1.94 bits per heavy atom. The molecule has 0 aliphatic carbocycles. The van der Waals surface area contributed by atoms with Gasteiger partial charge in [0, 0.05) is 17.9 Å². The highest BCUT2D eigenvalue weighted by atomic mass is 35.5. The van der Waals surface area contributed by atoms with Gasteiger partial charge in [-0.05, 0) is 38.0 Å². The average Bonchev–Trinajstić information content (AvgIpc) is 2.31. The van der Waals surface area contributed by atoms with Crippen molar-refractivity contribution in [1.29, 1.82) is 0 Å². The summed E-state index contributed by atoms with van der Waals surface area (Å²) in [6.45, 7) is 3.38. The predicted octanol–water partition coefficient (Wildman–Crippen LogP) is 3.60. The molecule has 3 nitrogen and oxygen atoms in total. The molecule has 0 radical (unpaired) electrons.